The number of nitriles is 1. The van der Waals surface area contributed by atoms with Gasteiger partial charge in [-0.3, -0.25) is 5.32 Å². The highest BCUT2D eigenvalue weighted by atomic mass is 15.1. The zero-order valence-electron chi connectivity index (χ0n) is 12.5. The summed E-state index contributed by atoms with van der Waals surface area (Å²) in [4.78, 5) is 2.43. The van der Waals surface area contributed by atoms with Crippen LogP contribution in [0.5, 0.6) is 0 Å². The first-order chi connectivity index (χ1) is 8.45. The van der Waals surface area contributed by atoms with Crippen molar-refractivity contribution in [1.82, 2.24) is 10.2 Å². The molecule has 3 nitrogen and oxygen atoms in total. The van der Waals surface area contributed by atoms with Gasteiger partial charge in [-0.2, -0.15) is 5.26 Å². The minimum Gasteiger partial charge on any atom is -0.306 e. The Morgan fingerprint density at radius 2 is 2.11 bits per heavy atom. The van der Waals surface area contributed by atoms with E-state index in [0.29, 0.717) is 6.04 Å². The predicted molar refractivity (Wildman–Crippen MR) is 76.4 cm³/mol. The molecule has 3 heteroatoms. The molecule has 1 fully saturated rings. The Bertz CT molecular complexity index is 278. The van der Waals surface area contributed by atoms with Crippen molar-refractivity contribution >= 4 is 0 Å². The lowest BCUT2D eigenvalue weighted by Crippen LogP contribution is -2.45. The lowest BCUT2D eigenvalue weighted by atomic mass is 9.85. The molecule has 1 saturated carbocycles. The molecule has 1 rings (SSSR count). The number of nitrogens with one attached hydrogen (secondary N) is 1. The summed E-state index contributed by atoms with van der Waals surface area (Å²) in [5, 5.41) is 12.6. The third kappa shape index (κ3) is 5.37. The Morgan fingerprint density at radius 1 is 1.44 bits per heavy atom. The second-order valence-corrected chi connectivity index (χ2v) is 6.41. The molecule has 0 spiro atoms. The Labute approximate surface area is 113 Å². The van der Waals surface area contributed by atoms with E-state index in [9.17, 15) is 5.26 Å². The average molecular weight is 251 g/mol. The molecule has 1 aliphatic carbocycles. The summed E-state index contributed by atoms with van der Waals surface area (Å²) in [6.07, 6.45) is 6.26. The Kier molecular flexibility index (Phi) is 6.11. The molecule has 0 aromatic rings. The third-order valence-electron chi connectivity index (χ3n) is 3.87. The zero-order chi connectivity index (χ0) is 13.6. The van der Waals surface area contributed by atoms with E-state index in [1.54, 1.807) is 0 Å². The molecule has 1 atom stereocenters. The molecular weight excluding hydrogens is 222 g/mol. The monoisotopic (exact) mass is 251 g/mol. The van der Waals surface area contributed by atoms with Crippen LogP contribution in [0, 0.1) is 17.2 Å². The van der Waals surface area contributed by atoms with E-state index >= 15 is 0 Å². The number of hydrogen-bond acceptors (Lipinski definition) is 3. The Hall–Kier alpha value is -0.590. The maximum atomic E-state index is 9.27. The minimum absolute atomic E-state index is 0.363. The highest BCUT2D eigenvalue weighted by molar-refractivity contribution is 5.04. The average Bonchev–Trinajstić information content (AvgIpc) is 2.22. The molecule has 0 saturated heterocycles. The van der Waals surface area contributed by atoms with E-state index in [-0.39, 0.29) is 5.54 Å². The normalized spacial score (nSPS) is 19.6. The molecule has 1 unspecified atom stereocenters. The molecule has 0 radical (unpaired) electrons. The Balaban J connectivity index is 2.19. The summed E-state index contributed by atoms with van der Waals surface area (Å²) in [7, 11) is 2.21. The van der Waals surface area contributed by atoms with Gasteiger partial charge >= 0.3 is 0 Å². The van der Waals surface area contributed by atoms with Gasteiger partial charge < -0.3 is 4.90 Å². The largest absolute Gasteiger partial charge is 0.306 e. The van der Waals surface area contributed by atoms with Gasteiger partial charge in [0.1, 0.15) is 5.54 Å². The van der Waals surface area contributed by atoms with Crippen LogP contribution in [0.15, 0.2) is 0 Å². The maximum absolute atomic E-state index is 9.27. The van der Waals surface area contributed by atoms with Gasteiger partial charge in [0.2, 0.25) is 0 Å². The second-order valence-electron chi connectivity index (χ2n) is 6.41. The third-order valence-corrected chi connectivity index (χ3v) is 3.87. The number of nitrogens with zero attached hydrogens (tertiary/aromatic N) is 2. The first-order valence-corrected chi connectivity index (χ1v) is 7.32. The van der Waals surface area contributed by atoms with Crippen molar-refractivity contribution in [2.75, 3.05) is 20.1 Å². The molecule has 18 heavy (non-hydrogen) atoms. The van der Waals surface area contributed by atoms with Crippen molar-refractivity contribution in [3.05, 3.63) is 0 Å². The second kappa shape index (κ2) is 7.11. The van der Waals surface area contributed by atoms with E-state index in [0.717, 1.165) is 25.3 Å². The van der Waals surface area contributed by atoms with E-state index in [1.807, 2.05) is 6.92 Å². The van der Waals surface area contributed by atoms with Crippen molar-refractivity contribution in [3.63, 3.8) is 0 Å². The van der Waals surface area contributed by atoms with Crippen molar-refractivity contribution in [3.8, 4) is 6.07 Å². The fourth-order valence-electron chi connectivity index (χ4n) is 2.71. The van der Waals surface area contributed by atoms with Crippen LogP contribution >= 0.6 is 0 Å². The highest BCUT2D eigenvalue weighted by Crippen LogP contribution is 2.26. The van der Waals surface area contributed by atoms with Gasteiger partial charge in [-0.15, -0.1) is 0 Å². The summed E-state index contributed by atoms with van der Waals surface area (Å²) in [5.74, 6) is 0.936. The Morgan fingerprint density at radius 3 is 2.56 bits per heavy atom. The molecule has 0 aromatic heterocycles. The van der Waals surface area contributed by atoms with Crippen molar-refractivity contribution < 1.29 is 0 Å². The number of hydrogen-bond donors (Lipinski definition) is 1. The summed E-state index contributed by atoms with van der Waals surface area (Å²) in [5.41, 5.74) is -0.370. The topological polar surface area (TPSA) is 39.1 Å². The standard InChI is InChI=1S/C15H29N3/c1-13(2)17-15(3,12-16)9-6-10-18(4)11-14-7-5-8-14/h13-14,17H,5-11H2,1-4H3. The van der Waals surface area contributed by atoms with Gasteiger partial charge in [0.15, 0.2) is 0 Å². The molecule has 0 aliphatic heterocycles. The van der Waals surface area contributed by atoms with Crippen molar-refractivity contribution in [1.29, 1.82) is 5.26 Å². The smallest absolute Gasteiger partial charge is 0.104 e. The molecule has 0 aromatic carbocycles. The fraction of sp³-hybridized carbons (Fsp3) is 0.933. The van der Waals surface area contributed by atoms with Crippen LogP contribution in [0.3, 0.4) is 0 Å². The highest BCUT2D eigenvalue weighted by Gasteiger charge is 2.24. The van der Waals surface area contributed by atoms with Crippen LogP contribution in [0.25, 0.3) is 0 Å². The van der Waals surface area contributed by atoms with E-state index in [2.05, 4.69) is 37.2 Å². The lowest BCUT2D eigenvalue weighted by molar-refractivity contribution is 0.199. The first kappa shape index (κ1) is 15.5. The van der Waals surface area contributed by atoms with Crippen LogP contribution in [0.1, 0.15) is 52.9 Å². The van der Waals surface area contributed by atoms with Gasteiger partial charge in [-0.1, -0.05) is 6.42 Å². The molecule has 104 valence electrons. The predicted octanol–water partition coefficient (Wildman–Crippen LogP) is 2.78. The van der Waals surface area contributed by atoms with Gasteiger partial charge in [0.25, 0.3) is 0 Å². The summed E-state index contributed by atoms with van der Waals surface area (Å²) < 4.78 is 0. The van der Waals surface area contributed by atoms with E-state index in [4.69, 9.17) is 0 Å². The molecule has 0 bridgehead atoms. The van der Waals surface area contributed by atoms with Crippen LogP contribution in [0.4, 0.5) is 0 Å². The number of rotatable bonds is 8. The van der Waals surface area contributed by atoms with E-state index < -0.39 is 0 Å². The van der Waals surface area contributed by atoms with Crippen LogP contribution < -0.4 is 5.32 Å². The van der Waals surface area contributed by atoms with Crippen molar-refractivity contribution in [2.24, 2.45) is 5.92 Å². The molecule has 0 amide bonds. The van der Waals surface area contributed by atoms with Crippen molar-refractivity contribution in [2.45, 2.75) is 64.5 Å². The van der Waals surface area contributed by atoms with Crippen LogP contribution in [0.2, 0.25) is 0 Å². The molecular formula is C15H29N3. The zero-order valence-corrected chi connectivity index (χ0v) is 12.5. The lowest BCUT2D eigenvalue weighted by Gasteiger charge is -2.31. The van der Waals surface area contributed by atoms with Crippen LogP contribution in [-0.4, -0.2) is 36.6 Å². The molecule has 1 N–H and O–H groups in total. The maximum Gasteiger partial charge on any atom is 0.104 e. The van der Waals surface area contributed by atoms with Gasteiger partial charge in [0.05, 0.1) is 6.07 Å². The summed E-state index contributed by atoms with van der Waals surface area (Å²) >= 11 is 0. The summed E-state index contributed by atoms with van der Waals surface area (Å²) in [6.45, 7) is 8.55. The van der Waals surface area contributed by atoms with Gasteiger partial charge in [-0.25, -0.2) is 0 Å². The summed E-state index contributed by atoms with van der Waals surface area (Å²) in [6, 6.07) is 2.78. The van der Waals surface area contributed by atoms with Crippen LogP contribution in [-0.2, 0) is 0 Å². The first-order valence-electron chi connectivity index (χ1n) is 7.32. The van der Waals surface area contributed by atoms with Gasteiger partial charge in [0, 0.05) is 12.6 Å². The molecule has 1 aliphatic rings. The SMILES string of the molecule is CC(C)NC(C)(C#N)CCCN(C)CC1CCC1. The van der Waals surface area contributed by atoms with Gasteiger partial charge in [-0.05, 0) is 66.0 Å². The minimum atomic E-state index is -0.370. The van der Waals surface area contributed by atoms with E-state index in [1.165, 1.54) is 25.8 Å². The fourth-order valence-corrected chi connectivity index (χ4v) is 2.71. The molecule has 0 heterocycles. The quantitative estimate of drug-likeness (QED) is 0.721.